The molecule has 0 saturated carbocycles. The third-order valence-corrected chi connectivity index (χ3v) is 4.60. The Hall–Kier alpha value is -1.57. The summed E-state index contributed by atoms with van der Waals surface area (Å²) in [5.74, 6) is 0.376. The van der Waals surface area contributed by atoms with Gasteiger partial charge in [0.25, 0.3) is 10.0 Å². The molecule has 20 heavy (non-hydrogen) atoms. The minimum Gasteiger partial charge on any atom is -0.326 e. The van der Waals surface area contributed by atoms with Crippen LogP contribution in [0.1, 0.15) is 11.3 Å². The van der Waals surface area contributed by atoms with Crippen molar-refractivity contribution in [3.63, 3.8) is 0 Å². The zero-order valence-corrected chi connectivity index (χ0v) is 12.7. The summed E-state index contributed by atoms with van der Waals surface area (Å²) in [4.78, 5) is 0.00946. The van der Waals surface area contributed by atoms with Gasteiger partial charge in [-0.1, -0.05) is 17.7 Å². The maximum Gasteiger partial charge on any atom is 0.264 e. The van der Waals surface area contributed by atoms with Gasteiger partial charge in [-0.25, -0.2) is 8.42 Å². The number of aromatic nitrogens is 2. The molecule has 0 saturated heterocycles. The minimum atomic E-state index is -3.76. The zero-order valence-electron chi connectivity index (χ0n) is 11.1. The van der Waals surface area contributed by atoms with Gasteiger partial charge >= 0.3 is 0 Å². The highest BCUT2D eigenvalue weighted by Gasteiger charge is 2.19. The number of halogens is 1. The Morgan fingerprint density at radius 1 is 1.40 bits per heavy atom. The van der Waals surface area contributed by atoms with Crippen molar-refractivity contribution in [2.75, 3.05) is 4.72 Å². The van der Waals surface area contributed by atoms with Crippen molar-refractivity contribution in [1.29, 1.82) is 0 Å². The monoisotopic (exact) mass is 314 g/mol. The molecule has 0 aliphatic carbocycles. The lowest BCUT2D eigenvalue weighted by Crippen LogP contribution is -2.16. The summed E-state index contributed by atoms with van der Waals surface area (Å²) in [6.07, 6.45) is 0. The molecule has 1 aromatic heterocycles. The number of rotatable bonds is 4. The molecule has 108 valence electrons. The van der Waals surface area contributed by atoms with E-state index >= 15 is 0 Å². The summed E-state index contributed by atoms with van der Waals surface area (Å²) in [5, 5.41) is 4.22. The number of sulfonamides is 1. The summed E-state index contributed by atoms with van der Waals surface area (Å²) in [7, 11) is -2.11. The molecule has 1 heterocycles. The van der Waals surface area contributed by atoms with Crippen LogP contribution in [-0.2, 0) is 23.6 Å². The first-order valence-electron chi connectivity index (χ1n) is 5.85. The van der Waals surface area contributed by atoms with E-state index < -0.39 is 10.0 Å². The lowest BCUT2D eigenvalue weighted by molar-refractivity contribution is 0.600. The van der Waals surface area contributed by atoms with Crippen LogP contribution in [0, 0.1) is 6.92 Å². The predicted octanol–water partition coefficient (Wildman–Crippen LogP) is 1.64. The average Bonchev–Trinajstić information content (AvgIpc) is 2.66. The van der Waals surface area contributed by atoms with Crippen LogP contribution >= 0.6 is 11.6 Å². The SMILES string of the molecule is Cc1cc(NS(=O)(=O)c2ccc(CN)cc2Cl)n(C)n1. The summed E-state index contributed by atoms with van der Waals surface area (Å²) in [6, 6.07) is 6.26. The molecule has 0 bridgehead atoms. The summed E-state index contributed by atoms with van der Waals surface area (Å²) in [5.41, 5.74) is 6.97. The van der Waals surface area contributed by atoms with Crippen molar-refractivity contribution in [3.05, 3.63) is 40.5 Å². The number of nitrogens with zero attached hydrogens (tertiary/aromatic N) is 2. The van der Waals surface area contributed by atoms with Gasteiger partial charge in [-0.05, 0) is 24.6 Å². The van der Waals surface area contributed by atoms with Gasteiger partial charge in [0.2, 0.25) is 0 Å². The van der Waals surface area contributed by atoms with Gasteiger partial charge in [0.15, 0.2) is 0 Å². The molecule has 1 aromatic carbocycles. The molecule has 0 amide bonds. The fourth-order valence-electron chi connectivity index (χ4n) is 1.79. The molecule has 3 N–H and O–H groups in total. The van der Waals surface area contributed by atoms with Crippen LogP contribution in [0.3, 0.4) is 0 Å². The van der Waals surface area contributed by atoms with Crippen molar-refractivity contribution in [2.45, 2.75) is 18.4 Å². The zero-order chi connectivity index (χ0) is 14.9. The van der Waals surface area contributed by atoms with Crippen LogP contribution in [0.2, 0.25) is 5.02 Å². The third-order valence-electron chi connectivity index (χ3n) is 2.76. The Morgan fingerprint density at radius 2 is 2.10 bits per heavy atom. The number of aryl methyl sites for hydroxylation is 2. The molecular weight excluding hydrogens is 300 g/mol. The topological polar surface area (TPSA) is 90.0 Å². The third kappa shape index (κ3) is 2.95. The first-order valence-corrected chi connectivity index (χ1v) is 7.71. The van der Waals surface area contributed by atoms with Gasteiger partial charge in [-0.15, -0.1) is 0 Å². The number of nitrogens with two attached hydrogens (primary N) is 1. The molecule has 6 nitrogen and oxygen atoms in total. The molecule has 0 fully saturated rings. The van der Waals surface area contributed by atoms with Crippen molar-refractivity contribution in [3.8, 4) is 0 Å². The molecule has 8 heteroatoms. The van der Waals surface area contributed by atoms with Gasteiger partial charge in [0.05, 0.1) is 10.7 Å². The van der Waals surface area contributed by atoms with E-state index in [4.69, 9.17) is 17.3 Å². The highest BCUT2D eigenvalue weighted by atomic mass is 35.5. The first-order chi connectivity index (χ1) is 9.33. The van der Waals surface area contributed by atoms with Crippen LogP contribution in [0.15, 0.2) is 29.2 Å². The second-order valence-electron chi connectivity index (χ2n) is 4.37. The molecule has 2 aromatic rings. The largest absolute Gasteiger partial charge is 0.326 e. The van der Waals surface area contributed by atoms with Crippen LogP contribution in [0.4, 0.5) is 5.82 Å². The predicted molar refractivity (Wildman–Crippen MR) is 78.1 cm³/mol. The van der Waals surface area contributed by atoms with Gasteiger partial charge in [0.1, 0.15) is 10.7 Å². The summed E-state index contributed by atoms with van der Waals surface area (Å²) >= 11 is 6.01. The van der Waals surface area contributed by atoms with Crippen LogP contribution in [0.5, 0.6) is 0 Å². The van der Waals surface area contributed by atoms with Crippen molar-refractivity contribution >= 4 is 27.4 Å². The molecular formula is C12H15ClN4O2S. The second-order valence-corrected chi connectivity index (χ2v) is 6.43. The number of hydrogen-bond donors (Lipinski definition) is 2. The second kappa shape index (κ2) is 5.43. The summed E-state index contributed by atoms with van der Waals surface area (Å²) in [6.45, 7) is 2.08. The van der Waals surface area contributed by atoms with E-state index in [1.165, 1.54) is 10.7 Å². The number of anilines is 1. The quantitative estimate of drug-likeness (QED) is 0.897. The molecule has 0 spiro atoms. The van der Waals surface area contributed by atoms with Gasteiger partial charge in [-0.3, -0.25) is 9.40 Å². The molecule has 0 atom stereocenters. The van der Waals surface area contributed by atoms with Gasteiger partial charge < -0.3 is 5.73 Å². The lowest BCUT2D eigenvalue weighted by Gasteiger charge is -2.10. The highest BCUT2D eigenvalue weighted by Crippen LogP contribution is 2.25. The number of nitrogens with one attached hydrogen (secondary N) is 1. The fraction of sp³-hybridized carbons (Fsp3) is 0.250. The van der Waals surface area contributed by atoms with E-state index in [9.17, 15) is 8.42 Å². The summed E-state index contributed by atoms with van der Waals surface area (Å²) < 4.78 is 28.5. The van der Waals surface area contributed by atoms with E-state index in [0.29, 0.717) is 12.4 Å². The van der Waals surface area contributed by atoms with E-state index in [-0.39, 0.29) is 9.92 Å². The lowest BCUT2D eigenvalue weighted by atomic mass is 10.2. The standard InChI is InChI=1S/C12H15ClN4O2S/c1-8-5-12(17(2)15-8)16-20(18,19)11-4-3-9(7-14)6-10(11)13/h3-6,16H,7,14H2,1-2H3. The van der Waals surface area contributed by atoms with Crippen molar-refractivity contribution in [1.82, 2.24) is 9.78 Å². The van der Waals surface area contributed by atoms with E-state index in [2.05, 4.69) is 9.82 Å². The Kier molecular flexibility index (Phi) is 4.03. The van der Waals surface area contributed by atoms with Crippen molar-refractivity contribution in [2.24, 2.45) is 12.8 Å². The fourth-order valence-corrected chi connectivity index (χ4v) is 3.44. The maximum atomic E-state index is 12.3. The van der Waals surface area contributed by atoms with Crippen LogP contribution < -0.4 is 10.5 Å². The highest BCUT2D eigenvalue weighted by molar-refractivity contribution is 7.92. The number of benzene rings is 1. The maximum absolute atomic E-state index is 12.3. The first kappa shape index (κ1) is 14.8. The average molecular weight is 315 g/mol. The van der Waals surface area contributed by atoms with Gasteiger partial charge in [-0.2, -0.15) is 5.10 Å². The van der Waals surface area contributed by atoms with Crippen molar-refractivity contribution < 1.29 is 8.42 Å². The van der Waals surface area contributed by atoms with E-state index in [0.717, 1.165) is 11.3 Å². The molecule has 0 unspecified atom stereocenters. The molecule has 0 aliphatic heterocycles. The molecule has 2 rings (SSSR count). The van der Waals surface area contributed by atoms with E-state index in [1.807, 2.05) is 0 Å². The minimum absolute atomic E-state index is 0.00946. The molecule has 0 aliphatic rings. The van der Waals surface area contributed by atoms with Crippen LogP contribution in [0.25, 0.3) is 0 Å². The van der Waals surface area contributed by atoms with E-state index in [1.54, 1.807) is 32.2 Å². The van der Waals surface area contributed by atoms with Gasteiger partial charge in [0, 0.05) is 19.7 Å². The smallest absolute Gasteiger partial charge is 0.264 e. The van der Waals surface area contributed by atoms with Crippen LogP contribution in [-0.4, -0.2) is 18.2 Å². The Labute approximate surface area is 122 Å². The Bertz CT molecular complexity index is 740. The normalized spacial score (nSPS) is 11.6. The Morgan fingerprint density at radius 3 is 2.60 bits per heavy atom. The number of hydrogen-bond acceptors (Lipinski definition) is 4. The Balaban J connectivity index is 2.38. The molecule has 0 radical (unpaired) electrons.